The van der Waals surface area contributed by atoms with Crippen LogP contribution in [-0.4, -0.2) is 50.3 Å². The first-order chi connectivity index (χ1) is 15.6. The van der Waals surface area contributed by atoms with Crippen LogP contribution in [0.5, 0.6) is 0 Å². The van der Waals surface area contributed by atoms with Crippen molar-refractivity contribution in [3.05, 3.63) is 95.7 Å². The van der Waals surface area contributed by atoms with Gasteiger partial charge in [-0.15, -0.1) is 0 Å². The van der Waals surface area contributed by atoms with Gasteiger partial charge in [-0.05, 0) is 53.6 Å². The van der Waals surface area contributed by atoms with Crippen LogP contribution in [0, 0.1) is 0 Å². The molecule has 9 heteroatoms. The van der Waals surface area contributed by atoms with Gasteiger partial charge in [-0.1, -0.05) is 24.3 Å². The lowest BCUT2D eigenvalue weighted by atomic mass is 10.1. The van der Waals surface area contributed by atoms with Crippen molar-refractivity contribution < 1.29 is 21.6 Å². The average molecular weight is 485 g/mol. The van der Waals surface area contributed by atoms with Gasteiger partial charge in [-0.25, -0.2) is 16.8 Å². The molecule has 0 aliphatic carbocycles. The van der Waals surface area contributed by atoms with Gasteiger partial charge in [0.2, 0.25) is 5.91 Å². The molecule has 2 aromatic carbocycles. The second-order valence-corrected chi connectivity index (χ2v) is 12.0. The summed E-state index contributed by atoms with van der Waals surface area (Å²) >= 11 is 0. The first kappa shape index (κ1) is 23.0. The largest absolute Gasteiger partial charge is 0.331 e. The molecule has 0 bridgehead atoms. The van der Waals surface area contributed by atoms with Crippen LogP contribution in [0.2, 0.25) is 0 Å². The molecule has 0 saturated heterocycles. The minimum absolute atomic E-state index is 0.123. The van der Waals surface area contributed by atoms with Gasteiger partial charge in [0.15, 0.2) is 19.7 Å². The fourth-order valence-electron chi connectivity index (χ4n) is 3.75. The maximum atomic E-state index is 13.3. The van der Waals surface area contributed by atoms with Gasteiger partial charge in [-0.3, -0.25) is 4.79 Å². The third-order valence-corrected chi connectivity index (χ3v) is 8.04. The molecule has 1 atom stereocenters. The number of benzene rings is 2. The number of carbonyl (C=O) groups is 1. The van der Waals surface area contributed by atoms with Gasteiger partial charge in [0, 0.05) is 36.3 Å². The van der Waals surface area contributed by atoms with Crippen molar-refractivity contribution in [2.24, 2.45) is 0 Å². The Morgan fingerprint density at radius 2 is 1.61 bits per heavy atom. The quantitative estimate of drug-likeness (QED) is 0.514. The fourth-order valence-corrected chi connectivity index (χ4v) is 5.68. The Morgan fingerprint density at radius 1 is 1.00 bits per heavy atom. The van der Waals surface area contributed by atoms with E-state index < -0.39 is 25.7 Å². The van der Waals surface area contributed by atoms with Crippen LogP contribution in [0.15, 0.2) is 89.4 Å². The topological polar surface area (TPSA) is 93.5 Å². The Hall–Kier alpha value is -3.17. The zero-order chi connectivity index (χ0) is 23.6. The number of sulfone groups is 2. The Balaban J connectivity index is 1.54. The van der Waals surface area contributed by atoms with E-state index in [-0.39, 0.29) is 29.5 Å². The molecule has 1 aliphatic rings. The summed E-state index contributed by atoms with van der Waals surface area (Å²) in [7, 11) is -6.68. The first-order valence-corrected chi connectivity index (χ1v) is 13.9. The second kappa shape index (κ2) is 8.99. The maximum absolute atomic E-state index is 13.3. The molecule has 1 aliphatic heterocycles. The van der Waals surface area contributed by atoms with Crippen molar-refractivity contribution >= 4 is 25.6 Å². The molecule has 1 amide bonds. The molecule has 0 radical (unpaired) electrons. The van der Waals surface area contributed by atoms with Crippen molar-refractivity contribution in [3.8, 4) is 5.69 Å². The molecule has 7 nitrogen and oxygen atoms in total. The molecule has 2 heterocycles. The molecule has 33 heavy (non-hydrogen) atoms. The van der Waals surface area contributed by atoms with Gasteiger partial charge in [-0.2, -0.15) is 0 Å². The summed E-state index contributed by atoms with van der Waals surface area (Å²) in [4.78, 5) is 15.0. The van der Waals surface area contributed by atoms with Crippen molar-refractivity contribution in [1.29, 1.82) is 0 Å². The molecule has 3 aromatic rings. The van der Waals surface area contributed by atoms with Gasteiger partial charge in [0.25, 0.3) is 0 Å². The minimum Gasteiger partial charge on any atom is -0.331 e. The average Bonchev–Trinajstić information content (AvgIpc) is 3.42. The van der Waals surface area contributed by atoms with Crippen molar-refractivity contribution in [2.75, 3.05) is 12.0 Å². The minimum atomic E-state index is -3.35. The number of hydrogen-bond acceptors (Lipinski definition) is 5. The summed E-state index contributed by atoms with van der Waals surface area (Å²) in [5.41, 5.74) is 2.51. The number of nitrogens with zero attached hydrogens (tertiary/aromatic N) is 2. The Bertz CT molecular complexity index is 1370. The highest BCUT2D eigenvalue weighted by molar-refractivity contribution is 7.94. The van der Waals surface area contributed by atoms with Gasteiger partial charge >= 0.3 is 0 Å². The van der Waals surface area contributed by atoms with E-state index in [0.717, 1.165) is 28.5 Å². The lowest BCUT2D eigenvalue weighted by Crippen LogP contribution is -2.41. The van der Waals surface area contributed by atoms with Gasteiger partial charge in [0.1, 0.15) is 0 Å². The zero-order valence-electron chi connectivity index (χ0n) is 18.0. The van der Waals surface area contributed by atoms with Crippen molar-refractivity contribution in [2.45, 2.75) is 23.9 Å². The van der Waals surface area contributed by atoms with Crippen LogP contribution < -0.4 is 0 Å². The second-order valence-electron chi connectivity index (χ2n) is 8.10. The van der Waals surface area contributed by atoms with E-state index in [1.807, 2.05) is 53.4 Å². The standard InChI is InChI=1S/C24H24N2O5S2/c1-32(28,29)23-10-6-20(7-11-23)17-26(22-12-15-33(30,31)18-22)24(27)16-19-4-8-21(9-5-19)25-13-2-3-14-25/h2-15,22H,16-18H2,1H3. The van der Waals surface area contributed by atoms with E-state index in [9.17, 15) is 21.6 Å². The van der Waals surface area contributed by atoms with Crippen LogP contribution in [-0.2, 0) is 37.4 Å². The molecule has 0 fully saturated rings. The summed E-state index contributed by atoms with van der Waals surface area (Å²) in [6.07, 6.45) is 6.66. The van der Waals surface area contributed by atoms with Crippen LogP contribution >= 0.6 is 0 Å². The lowest BCUT2D eigenvalue weighted by Gasteiger charge is -2.28. The molecule has 0 spiro atoms. The van der Waals surface area contributed by atoms with E-state index >= 15 is 0 Å². The lowest BCUT2D eigenvalue weighted by molar-refractivity contribution is -0.132. The number of rotatable bonds is 7. The van der Waals surface area contributed by atoms with Crippen molar-refractivity contribution in [1.82, 2.24) is 9.47 Å². The summed E-state index contributed by atoms with van der Waals surface area (Å²) in [6, 6.07) is 17.2. The molecular weight excluding hydrogens is 460 g/mol. The third-order valence-electron chi connectivity index (χ3n) is 5.53. The molecule has 172 valence electrons. The van der Waals surface area contributed by atoms with Crippen LogP contribution in [0.4, 0.5) is 0 Å². The highest BCUT2D eigenvalue weighted by Gasteiger charge is 2.30. The summed E-state index contributed by atoms with van der Waals surface area (Å²) in [6.45, 7) is 0.175. The Kier molecular flexibility index (Phi) is 6.27. The SMILES string of the molecule is CS(=O)(=O)c1ccc(CN(C(=O)Cc2ccc(-n3cccc3)cc2)C2C=CS(=O)(=O)C2)cc1. The summed E-state index contributed by atoms with van der Waals surface area (Å²) in [5.74, 6) is -0.366. The molecule has 0 saturated carbocycles. The predicted octanol–water partition coefficient (Wildman–Crippen LogP) is 2.76. The van der Waals surface area contributed by atoms with E-state index in [1.54, 1.807) is 12.1 Å². The maximum Gasteiger partial charge on any atom is 0.227 e. The molecule has 4 rings (SSSR count). The van der Waals surface area contributed by atoms with Crippen molar-refractivity contribution in [3.63, 3.8) is 0 Å². The molecular formula is C24H24N2O5S2. The van der Waals surface area contributed by atoms with Gasteiger partial charge < -0.3 is 9.47 Å². The van der Waals surface area contributed by atoms with E-state index in [2.05, 4.69) is 0 Å². The van der Waals surface area contributed by atoms with E-state index in [1.165, 1.54) is 23.1 Å². The molecule has 0 N–H and O–H groups in total. The highest BCUT2D eigenvalue weighted by Crippen LogP contribution is 2.21. The van der Waals surface area contributed by atoms with Crippen LogP contribution in [0.25, 0.3) is 5.69 Å². The van der Waals surface area contributed by atoms with Gasteiger partial charge in [0.05, 0.1) is 23.1 Å². The predicted molar refractivity (Wildman–Crippen MR) is 126 cm³/mol. The zero-order valence-corrected chi connectivity index (χ0v) is 19.7. The summed E-state index contributed by atoms with van der Waals surface area (Å²) < 4.78 is 49.4. The normalized spacial score (nSPS) is 17.2. The Labute approximate surface area is 193 Å². The first-order valence-electron chi connectivity index (χ1n) is 10.3. The Morgan fingerprint density at radius 3 is 2.15 bits per heavy atom. The number of aromatic nitrogens is 1. The van der Waals surface area contributed by atoms with E-state index in [0.29, 0.717) is 0 Å². The fraction of sp³-hybridized carbons (Fsp3) is 0.208. The third kappa shape index (κ3) is 5.61. The number of hydrogen-bond donors (Lipinski definition) is 0. The molecule has 1 unspecified atom stereocenters. The highest BCUT2D eigenvalue weighted by atomic mass is 32.2. The number of carbonyl (C=O) groups excluding carboxylic acids is 1. The summed E-state index contributed by atoms with van der Waals surface area (Å²) in [5, 5.41) is 1.15. The smallest absolute Gasteiger partial charge is 0.227 e. The molecule has 1 aromatic heterocycles. The number of amides is 1. The van der Waals surface area contributed by atoms with Crippen LogP contribution in [0.1, 0.15) is 11.1 Å². The van der Waals surface area contributed by atoms with E-state index in [4.69, 9.17) is 0 Å². The van der Waals surface area contributed by atoms with Crippen LogP contribution in [0.3, 0.4) is 0 Å². The monoisotopic (exact) mass is 484 g/mol.